The number of hydrogen-bond donors (Lipinski definition) is 2. The molecule has 0 radical (unpaired) electrons. The van der Waals surface area contributed by atoms with Crippen molar-refractivity contribution < 1.29 is 32.6 Å². The fourth-order valence-corrected chi connectivity index (χ4v) is 6.12. The number of carboxylic acids is 1. The summed E-state index contributed by atoms with van der Waals surface area (Å²) in [5.41, 5.74) is 1.61. The highest BCUT2D eigenvalue weighted by atomic mass is 32.2. The van der Waals surface area contributed by atoms with E-state index in [0.717, 1.165) is 43.3 Å². The Hall–Kier alpha value is -4.36. The smallest absolute Gasteiger partial charge is 0.341 e. The number of carboxylic acid groups (broad SMARTS) is 1. The highest BCUT2D eigenvalue weighted by molar-refractivity contribution is 7.90. The molecule has 0 unspecified atom stereocenters. The van der Waals surface area contributed by atoms with Crippen LogP contribution in [0.5, 0.6) is 5.88 Å². The summed E-state index contributed by atoms with van der Waals surface area (Å²) in [6, 6.07) is 15.8. The van der Waals surface area contributed by atoms with E-state index < -0.39 is 28.3 Å². The van der Waals surface area contributed by atoms with Crippen molar-refractivity contribution >= 4 is 27.6 Å². The molecule has 240 valence electrons. The molecular weight excluding hydrogens is 598 g/mol. The molecule has 45 heavy (non-hydrogen) atoms. The summed E-state index contributed by atoms with van der Waals surface area (Å²) in [4.78, 5) is 49.9. The third-order valence-corrected chi connectivity index (χ3v) is 8.95. The Kier molecular flexibility index (Phi) is 11.6. The Labute approximate surface area is 263 Å². The molecule has 0 bridgehead atoms. The summed E-state index contributed by atoms with van der Waals surface area (Å²) >= 11 is 0. The average Bonchev–Trinajstić information content (AvgIpc) is 3.03. The predicted molar refractivity (Wildman–Crippen MR) is 167 cm³/mol. The number of amides is 2. The second kappa shape index (κ2) is 15.6. The lowest BCUT2D eigenvalue weighted by atomic mass is 9.99. The first-order chi connectivity index (χ1) is 21.5. The van der Waals surface area contributed by atoms with Gasteiger partial charge < -0.3 is 25.0 Å². The first-order valence-corrected chi connectivity index (χ1v) is 16.8. The molecule has 0 saturated carbocycles. The number of piperidine rings is 1. The number of nitrogens with one attached hydrogen (secondary N) is 1. The zero-order valence-electron chi connectivity index (χ0n) is 25.5. The summed E-state index contributed by atoms with van der Waals surface area (Å²) in [6.07, 6.45) is 6.31. The van der Waals surface area contributed by atoms with Gasteiger partial charge in [-0.1, -0.05) is 42.5 Å². The van der Waals surface area contributed by atoms with Crippen molar-refractivity contribution in [2.45, 2.75) is 49.6 Å². The molecule has 2 aromatic carbocycles. The molecule has 2 heterocycles. The lowest BCUT2D eigenvalue weighted by molar-refractivity contribution is -0.139. The molecule has 3 aromatic rings. The minimum atomic E-state index is -3.29. The number of hydrogen-bond acceptors (Lipinski definition) is 9. The van der Waals surface area contributed by atoms with E-state index in [1.54, 1.807) is 12.1 Å². The molecular formula is C32H39N5O7S. The molecule has 12 nitrogen and oxygen atoms in total. The topological polar surface area (TPSA) is 159 Å². The largest absolute Gasteiger partial charge is 0.479 e. The maximum absolute atomic E-state index is 13.2. The van der Waals surface area contributed by atoms with E-state index in [1.807, 2.05) is 42.2 Å². The van der Waals surface area contributed by atoms with Crippen molar-refractivity contribution in [1.29, 1.82) is 0 Å². The van der Waals surface area contributed by atoms with Crippen molar-refractivity contribution in [2.24, 2.45) is 0 Å². The van der Waals surface area contributed by atoms with Crippen LogP contribution in [-0.4, -0.2) is 96.2 Å². The minimum Gasteiger partial charge on any atom is -0.479 e. The van der Waals surface area contributed by atoms with Gasteiger partial charge in [-0.2, -0.15) is 0 Å². The van der Waals surface area contributed by atoms with Crippen molar-refractivity contribution in [3.63, 3.8) is 0 Å². The minimum absolute atomic E-state index is 0.0191. The van der Waals surface area contributed by atoms with Gasteiger partial charge in [0, 0.05) is 50.9 Å². The number of carbonyl (C=O) groups is 3. The molecule has 2 amide bonds. The summed E-state index contributed by atoms with van der Waals surface area (Å²) in [5, 5.41) is 12.0. The monoisotopic (exact) mass is 637 g/mol. The first kappa shape index (κ1) is 33.5. The number of rotatable bonds is 14. The standard InChI is InChI=1S/C32H39N5O7S/c1-3-37(28(38)21-23-9-11-26(12-10-23)45(2,42)43)25-13-18-36(19-14-25)20-15-27(24-7-5-4-6-8-24)35-31(41)30-32(34-17-16-33-30)44-22-29(39)40/h4-12,16-17,25,27H,3,13-15,18-22H2,1-2H3,(H,35,41)(H,39,40)/t27-/m0/s1. The Morgan fingerprint density at radius 2 is 1.71 bits per heavy atom. The molecule has 1 atom stereocenters. The van der Waals surface area contributed by atoms with Gasteiger partial charge in [-0.15, -0.1) is 0 Å². The predicted octanol–water partition coefficient (Wildman–Crippen LogP) is 2.76. The fourth-order valence-electron chi connectivity index (χ4n) is 5.49. The lowest BCUT2D eigenvalue weighted by Gasteiger charge is -2.38. The molecule has 1 aromatic heterocycles. The van der Waals surface area contributed by atoms with Crippen LogP contribution >= 0.6 is 0 Å². The van der Waals surface area contributed by atoms with E-state index in [0.29, 0.717) is 19.5 Å². The van der Waals surface area contributed by atoms with Crippen LogP contribution in [0.25, 0.3) is 0 Å². The van der Waals surface area contributed by atoms with Crippen molar-refractivity contribution in [1.82, 2.24) is 25.1 Å². The van der Waals surface area contributed by atoms with Crippen molar-refractivity contribution in [3.8, 4) is 5.88 Å². The summed E-state index contributed by atoms with van der Waals surface area (Å²) in [6.45, 7) is 4.22. The van der Waals surface area contributed by atoms with E-state index >= 15 is 0 Å². The molecule has 1 saturated heterocycles. The Morgan fingerprint density at radius 3 is 2.33 bits per heavy atom. The van der Waals surface area contributed by atoms with Gasteiger partial charge in [0.05, 0.1) is 17.4 Å². The fraction of sp³-hybridized carbons (Fsp3) is 0.406. The second-order valence-electron chi connectivity index (χ2n) is 11.0. The van der Waals surface area contributed by atoms with Gasteiger partial charge in [-0.05, 0) is 49.4 Å². The van der Waals surface area contributed by atoms with Gasteiger partial charge in [0.25, 0.3) is 5.91 Å². The van der Waals surface area contributed by atoms with Crippen molar-refractivity contribution in [2.75, 3.05) is 39.0 Å². The number of aromatic nitrogens is 2. The average molecular weight is 638 g/mol. The molecule has 0 aliphatic carbocycles. The number of aliphatic carboxylic acids is 1. The van der Waals surface area contributed by atoms with Crippen LogP contribution < -0.4 is 10.1 Å². The quantitative estimate of drug-likeness (QED) is 0.269. The maximum atomic E-state index is 13.2. The molecule has 1 aliphatic rings. The number of ether oxygens (including phenoxy) is 1. The number of carbonyl (C=O) groups excluding carboxylic acids is 2. The van der Waals surface area contributed by atoms with E-state index in [4.69, 9.17) is 9.84 Å². The number of likely N-dealkylation sites (tertiary alicyclic amines) is 1. The zero-order chi connectivity index (χ0) is 32.4. The number of benzene rings is 2. The van der Waals surface area contributed by atoms with Gasteiger partial charge in [0.15, 0.2) is 22.1 Å². The summed E-state index contributed by atoms with van der Waals surface area (Å²) in [5.74, 6) is -1.83. The summed E-state index contributed by atoms with van der Waals surface area (Å²) < 4.78 is 28.7. The van der Waals surface area contributed by atoms with Gasteiger partial charge in [0.1, 0.15) is 0 Å². The summed E-state index contributed by atoms with van der Waals surface area (Å²) in [7, 11) is -3.29. The number of sulfone groups is 1. The van der Waals surface area contributed by atoms with E-state index in [-0.39, 0.29) is 40.9 Å². The Morgan fingerprint density at radius 1 is 1.04 bits per heavy atom. The van der Waals surface area contributed by atoms with Crippen LogP contribution in [0.3, 0.4) is 0 Å². The lowest BCUT2D eigenvalue weighted by Crippen LogP contribution is -2.48. The van der Waals surface area contributed by atoms with Crippen LogP contribution in [0.2, 0.25) is 0 Å². The molecule has 13 heteroatoms. The van der Waals surface area contributed by atoms with Crippen molar-refractivity contribution in [3.05, 3.63) is 83.8 Å². The van der Waals surface area contributed by atoms with E-state index in [1.165, 1.54) is 24.5 Å². The third kappa shape index (κ3) is 9.56. The van der Waals surface area contributed by atoms with E-state index in [2.05, 4.69) is 20.2 Å². The molecule has 2 N–H and O–H groups in total. The Bertz CT molecular complexity index is 1560. The first-order valence-electron chi connectivity index (χ1n) is 14.9. The Balaban J connectivity index is 1.34. The van der Waals surface area contributed by atoms with Gasteiger partial charge in [-0.3, -0.25) is 9.59 Å². The maximum Gasteiger partial charge on any atom is 0.341 e. The van der Waals surface area contributed by atoms with Gasteiger partial charge in [0.2, 0.25) is 11.8 Å². The second-order valence-corrected chi connectivity index (χ2v) is 13.0. The highest BCUT2D eigenvalue weighted by Crippen LogP contribution is 2.23. The van der Waals surface area contributed by atoms with Crippen LogP contribution in [0.1, 0.15) is 53.8 Å². The molecule has 1 fully saturated rings. The van der Waals surface area contributed by atoms with Crippen LogP contribution in [-0.2, 0) is 25.8 Å². The van der Waals surface area contributed by atoms with Crippen LogP contribution in [0.4, 0.5) is 0 Å². The SMILES string of the molecule is CCN(C(=O)Cc1ccc(S(C)(=O)=O)cc1)C1CCN(CC[C@H](NC(=O)c2nccnc2OCC(=O)O)c2ccccc2)CC1. The van der Waals surface area contributed by atoms with Gasteiger partial charge in [-0.25, -0.2) is 23.2 Å². The highest BCUT2D eigenvalue weighted by Gasteiger charge is 2.28. The van der Waals surface area contributed by atoms with Crippen LogP contribution in [0, 0.1) is 0 Å². The molecule has 0 spiro atoms. The normalized spacial score (nSPS) is 14.8. The molecule has 4 rings (SSSR count). The zero-order valence-corrected chi connectivity index (χ0v) is 26.3. The number of nitrogens with zero attached hydrogens (tertiary/aromatic N) is 4. The van der Waals surface area contributed by atoms with Crippen LogP contribution in [0.15, 0.2) is 71.9 Å². The van der Waals surface area contributed by atoms with E-state index in [9.17, 15) is 22.8 Å². The number of likely N-dealkylation sites (N-methyl/N-ethyl adjacent to an activating group) is 1. The third-order valence-electron chi connectivity index (χ3n) is 7.82. The van der Waals surface area contributed by atoms with Gasteiger partial charge >= 0.3 is 5.97 Å². The molecule has 1 aliphatic heterocycles.